The molecule has 2 heterocycles. The Hall–Kier alpha value is -1.84. The van der Waals surface area contributed by atoms with Crippen LogP contribution < -0.4 is 5.32 Å². The van der Waals surface area contributed by atoms with E-state index in [4.69, 9.17) is 0 Å². The summed E-state index contributed by atoms with van der Waals surface area (Å²) in [5.41, 5.74) is 0.487. The summed E-state index contributed by atoms with van der Waals surface area (Å²) >= 11 is 0. The first kappa shape index (κ1) is 17.2. The third-order valence-corrected chi connectivity index (χ3v) is 2.31. The van der Waals surface area contributed by atoms with Crippen LogP contribution in [0.15, 0.2) is 24.7 Å². The number of alkyl halides is 5. The van der Waals surface area contributed by atoms with E-state index < -0.39 is 19.3 Å². The Morgan fingerprint density at radius 1 is 1.29 bits per heavy atom. The average Bonchev–Trinajstić information content (AvgIpc) is 2.92. The van der Waals surface area contributed by atoms with E-state index in [-0.39, 0.29) is 24.8 Å². The maximum atomic E-state index is 12.3. The van der Waals surface area contributed by atoms with Crippen molar-refractivity contribution in [3.05, 3.63) is 30.2 Å². The molecule has 0 unspecified atom stereocenters. The lowest BCUT2D eigenvalue weighted by Gasteiger charge is -2.05. The zero-order valence-electron chi connectivity index (χ0n) is 10.4. The van der Waals surface area contributed by atoms with Crippen LogP contribution in [0.4, 0.5) is 27.8 Å². The Kier molecular flexibility index (Phi) is 5.53. The number of aromatic nitrogens is 4. The molecule has 0 aliphatic heterocycles. The molecule has 2 rings (SSSR count). The standard InChI is InChI=1S/C10H10F5N5.ClH/c11-9(12)20-2-1-8(18-20)16-3-7-4-17-19(5-7)6-10(13,14)15;/h1-2,4-5,9H,3,6H2,(H,16,18);1H. The molecular formula is C10H11ClF5N5. The van der Waals surface area contributed by atoms with Crippen LogP contribution in [-0.4, -0.2) is 25.7 Å². The number of halogens is 6. The van der Waals surface area contributed by atoms with Crippen molar-refractivity contribution in [1.29, 1.82) is 0 Å². The van der Waals surface area contributed by atoms with Gasteiger partial charge in [0.1, 0.15) is 12.4 Å². The predicted octanol–water partition coefficient (Wildman–Crippen LogP) is 3.07. The van der Waals surface area contributed by atoms with Gasteiger partial charge < -0.3 is 5.32 Å². The molecule has 0 atom stereocenters. The molecule has 0 saturated heterocycles. The van der Waals surface area contributed by atoms with Crippen molar-refractivity contribution in [3.8, 4) is 0 Å². The summed E-state index contributed by atoms with van der Waals surface area (Å²) in [5.74, 6) is 0.203. The molecule has 0 aliphatic carbocycles. The van der Waals surface area contributed by atoms with E-state index in [2.05, 4.69) is 15.5 Å². The summed E-state index contributed by atoms with van der Waals surface area (Å²) in [6, 6.07) is 1.34. The van der Waals surface area contributed by atoms with Gasteiger partial charge in [0.05, 0.1) is 6.20 Å². The third-order valence-electron chi connectivity index (χ3n) is 2.31. The van der Waals surface area contributed by atoms with Gasteiger partial charge in [0.25, 0.3) is 0 Å². The highest BCUT2D eigenvalue weighted by atomic mass is 35.5. The van der Waals surface area contributed by atoms with E-state index >= 15 is 0 Å². The fourth-order valence-electron chi connectivity index (χ4n) is 1.50. The van der Waals surface area contributed by atoms with Crippen molar-refractivity contribution < 1.29 is 22.0 Å². The molecule has 0 aromatic carbocycles. The van der Waals surface area contributed by atoms with Gasteiger partial charge in [-0.25, -0.2) is 4.68 Å². The van der Waals surface area contributed by atoms with Crippen LogP contribution in [0.25, 0.3) is 0 Å². The van der Waals surface area contributed by atoms with E-state index in [1.165, 1.54) is 18.5 Å². The lowest BCUT2D eigenvalue weighted by Crippen LogP contribution is -2.17. The maximum Gasteiger partial charge on any atom is 0.408 e. The van der Waals surface area contributed by atoms with E-state index in [1.54, 1.807) is 0 Å². The van der Waals surface area contributed by atoms with Gasteiger partial charge in [0.15, 0.2) is 0 Å². The summed E-state index contributed by atoms with van der Waals surface area (Å²) in [5, 5.41) is 9.81. The van der Waals surface area contributed by atoms with E-state index in [0.29, 0.717) is 10.2 Å². The Labute approximate surface area is 122 Å². The third kappa shape index (κ3) is 5.21. The van der Waals surface area contributed by atoms with E-state index in [0.717, 1.165) is 10.9 Å². The first-order valence-electron chi connectivity index (χ1n) is 5.49. The number of anilines is 1. The lowest BCUT2D eigenvalue weighted by atomic mass is 10.3. The second-order valence-electron chi connectivity index (χ2n) is 3.97. The van der Waals surface area contributed by atoms with Gasteiger partial charge in [-0.05, 0) is 0 Å². The Morgan fingerprint density at radius 2 is 2.00 bits per heavy atom. The second-order valence-corrected chi connectivity index (χ2v) is 3.97. The lowest BCUT2D eigenvalue weighted by molar-refractivity contribution is -0.142. The van der Waals surface area contributed by atoms with Crippen molar-refractivity contribution >= 4 is 18.2 Å². The first-order valence-corrected chi connectivity index (χ1v) is 5.49. The van der Waals surface area contributed by atoms with Gasteiger partial charge in [-0.15, -0.1) is 12.4 Å². The predicted molar refractivity (Wildman–Crippen MR) is 66.3 cm³/mol. The van der Waals surface area contributed by atoms with Crippen LogP contribution >= 0.6 is 12.4 Å². The van der Waals surface area contributed by atoms with Crippen molar-refractivity contribution in [2.24, 2.45) is 0 Å². The van der Waals surface area contributed by atoms with Crippen LogP contribution in [0.3, 0.4) is 0 Å². The topological polar surface area (TPSA) is 47.7 Å². The van der Waals surface area contributed by atoms with Gasteiger partial charge in [-0.3, -0.25) is 4.68 Å². The largest absolute Gasteiger partial charge is 0.408 e. The molecule has 21 heavy (non-hydrogen) atoms. The van der Waals surface area contributed by atoms with Gasteiger partial charge in [-0.1, -0.05) is 0 Å². The molecule has 0 aliphatic rings. The van der Waals surface area contributed by atoms with Crippen molar-refractivity contribution in [2.75, 3.05) is 5.32 Å². The minimum absolute atomic E-state index is 0. The van der Waals surface area contributed by atoms with Crippen LogP contribution in [-0.2, 0) is 13.1 Å². The van der Waals surface area contributed by atoms with Crippen LogP contribution in [0.2, 0.25) is 0 Å². The molecule has 5 nitrogen and oxygen atoms in total. The minimum atomic E-state index is -4.34. The summed E-state index contributed by atoms with van der Waals surface area (Å²) < 4.78 is 62.1. The fraction of sp³-hybridized carbons (Fsp3) is 0.400. The maximum absolute atomic E-state index is 12.3. The van der Waals surface area contributed by atoms with Gasteiger partial charge in [0.2, 0.25) is 0 Å². The van der Waals surface area contributed by atoms with Gasteiger partial charge in [-0.2, -0.15) is 32.1 Å². The quantitative estimate of drug-likeness (QED) is 0.857. The van der Waals surface area contributed by atoms with E-state index in [1.807, 2.05) is 0 Å². The Balaban J connectivity index is 0.00000220. The molecule has 11 heteroatoms. The normalized spacial score (nSPS) is 11.5. The molecule has 0 bridgehead atoms. The fourth-order valence-corrected chi connectivity index (χ4v) is 1.50. The van der Waals surface area contributed by atoms with Gasteiger partial charge >= 0.3 is 12.7 Å². The molecule has 118 valence electrons. The number of hydrogen-bond donors (Lipinski definition) is 1. The molecule has 0 radical (unpaired) electrons. The zero-order valence-corrected chi connectivity index (χ0v) is 11.2. The van der Waals surface area contributed by atoms with Gasteiger partial charge in [0, 0.05) is 30.6 Å². The van der Waals surface area contributed by atoms with Crippen molar-refractivity contribution in [3.63, 3.8) is 0 Å². The first-order chi connectivity index (χ1) is 9.33. The number of nitrogens with zero attached hydrogens (tertiary/aromatic N) is 4. The second kappa shape index (κ2) is 6.74. The number of rotatable bonds is 5. The summed E-state index contributed by atoms with van der Waals surface area (Å²) in [6.07, 6.45) is -0.750. The average molecular weight is 332 g/mol. The molecule has 0 amide bonds. The minimum Gasteiger partial charge on any atom is -0.364 e. The Morgan fingerprint density at radius 3 is 2.57 bits per heavy atom. The summed E-state index contributed by atoms with van der Waals surface area (Å²) in [6.45, 7) is -3.77. The highest BCUT2D eigenvalue weighted by Crippen LogP contribution is 2.17. The molecule has 2 aromatic rings. The molecule has 0 saturated carbocycles. The highest BCUT2D eigenvalue weighted by molar-refractivity contribution is 5.85. The van der Waals surface area contributed by atoms with Crippen molar-refractivity contribution in [2.45, 2.75) is 25.8 Å². The molecule has 1 N–H and O–H groups in total. The zero-order chi connectivity index (χ0) is 14.8. The van der Waals surface area contributed by atoms with E-state index in [9.17, 15) is 22.0 Å². The molecule has 0 spiro atoms. The highest BCUT2D eigenvalue weighted by Gasteiger charge is 2.28. The molecule has 2 aromatic heterocycles. The number of nitrogens with one attached hydrogen (secondary N) is 1. The summed E-state index contributed by atoms with van der Waals surface area (Å²) in [7, 11) is 0. The van der Waals surface area contributed by atoms with Crippen LogP contribution in [0.5, 0.6) is 0 Å². The van der Waals surface area contributed by atoms with Crippen LogP contribution in [0, 0.1) is 0 Å². The summed E-state index contributed by atoms with van der Waals surface area (Å²) in [4.78, 5) is 0. The van der Waals surface area contributed by atoms with Crippen LogP contribution in [0.1, 0.15) is 12.1 Å². The number of hydrogen-bond acceptors (Lipinski definition) is 3. The Bertz CT molecular complexity index is 564. The smallest absolute Gasteiger partial charge is 0.364 e. The molecule has 0 fully saturated rings. The monoisotopic (exact) mass is 331 g/mol. The SMILES string of the molecule is Cl.FC(F)n1ccc(NCc2cnn(CC(F)(F)F)c2)n1. The molecular weight excluding hydrogens is 321 g/mol. The van der Waals surface area contributed by atoms with Crippen molar-refractivity contribution in [1.82, 2.24) is 19.6 Å².